The summed E-state index contributed by atoms with van der Waals surface area (Å²) < 4.78 is 20.1. The molecule has 0 saturated heterocycles. The molecule has 1 aliphatic carbocycles. The number of amides is 1. The Kier molecular flexibility index (Phi) is 4.79. The van der Waals surface area contributed by atoms with Gasteiger partial charge in [-0.2, -0.15) is 0 Å². The fourth-order valence-electron chi connectivity index (χ4n) is 3.10. The van der Waals surface area contributed by atoms with Gasteiger partial charge in [0.2, 0.25) is 0 Å². The van der Waals surface area contributed by atoms with Gasteiger partial charge in [0.15, 0.2) is 11.6 Å². The minimum absolute atomic E-state index is 0.0373. The summed E-state index contributed by atoms with van der Waals surface area (Å²) in [6, 6.07) is 4.11. The molecule has 1 amide bonds. The molecule has 1 atom stereocenters. The van der Waals surface area contributed by atoms with Crippen LogP contribution in [0.2, 0.25) is 0 Å². The molecular weight excluding hydrogens is 325 g/mol. The standard InChI is InChI=1S/C19H22FNO4/c1-11(2)8-15(19(23)24)21-10-13(9-17(21)22)25-16-5-3-4-14(18(16)20)12-6-7-12/h3-5,9,11-12,15H,6-8,10H2,1-2H3,(H,23,24). The lowest BCUT2D eigenvalue weighted by molar-refractivity contribution is -0.148. The molecule has 0 bridgehead atoms. The topological polar surface area (TPSA) is 66.8 Å². The molecule has 6 heteroatoms. The van der Waals surface area contributed by atoms with E-state index in [0.29, 0.717) is 12.0 Å². The Bertz CT molecular complexity index is 724. The molecule has 1 saturated carbocycles. The van der Waals surface area contributed by atoms with Crippen LogP contribution in [-0.2, 0) is 9.59 Å². The first-order chi connectivity index (χ1) is 11.9. The van der Waals surface area contributed by atoms with Crippen molar-refractivity contribution < 1.29 is 23.8 Å². The van der Waals surface area contributed by atoms with Crippen molar-refractivity contribution >= 4 is 11.9 Å². The average Bonchev–Trinajstić information content (AvgIpc) is 3.31. The lowest BCUT2D eigenvalue weighted by atomic mass is 10.0. The number of benzene rings is 1. The molecule has 2 aliphatic rings. The number of aliphatic carboxylic acids is 1. The fraction of sp³-hybridized carbons (Fsp3) is 0.474. The van der Waals surface area contributed by atoms with E-state index >= 15 is 0 Å². The minimum Gasteiger partial charge on any atom is -0.480 e. The van der Waals surface area contributed by atoms with Gasteiger partial charge < -0.3 is 14.7 Å². The highest BCUT2D eigenvalue weighted by atomic mass is 19.1. The van der Waals surface area contributed by atoms with E-state index in [9.17, 15) is 19.1 Å². The number of hydrogen-bond acceptors (Lipinski definition) is 3. The SMILES string of the molecule is CC(C)CC(C(=O)O)N1CC(Oc2cccc(C3CC3)c2F)=CC1=O. The Labute approximate surface area is 146 Å². The highest BCUT2D eigenvalue weighted by molar-refractivity contribution is 5.94. The molecule has 25 heavy (non-hydrogen) atoms. The Morgan fingerprint density at radius 2 is 2.12 bits per heavy atom. The number of hydrogen-bond donors (Lipinski definition) is 1. The van der Waals surface area contributed by atoms with E-state index in [4.69, 9.17) is 4.74 Å². The lowest BCUT2D eigenvalue weighted by Crippen LogP contribution is -2.43. The second-order valence-corrected chi connectivity index (χ2v) is 7.10. The van der Waals surface area contributed by atoms with Gasteiger partial charge in [0.05, 0.1) is 6.54 Å². The molecule has 1 aromatic carbocycles. The van der Waals surface area contributed by atoms with Gasteiger partial charge in [0, 0.05) is 6.08 Å². The second-order valence-electron chi connectivity index (χ2n) is 7.10. The van der Waals surface area contributed by atoms with Gasteiger partial charge in [0.25, 0.3) is 5.91 Å². The van der Waals surface area contributed by atoms with Gasteiger partial charge in [0.1, 0.15) is 11.8 Å². The molecule has 1 unspecified atom stereocenters. The third-order valence-electron chi connectivity index (χ3n) is 4.50. The first-order valence-electron chi connectivity index (χ1n) is 8.57. The summed E-state index contributed by atoms with van der Waals surface area (Å²) in [7, 11) is 0. The number of rotatable bonds is 7. The van der Waals surface area contributed by atoms with E-state index in [1.54, 1.807) is 12.1 Å². The van der Waals surface area contributed by atoms with E-state index in [0.717, 1.165) is 12.8 Å². The summed E-state index contributed by atoms with van der Waals surface area (Å²) in [5.74, 6) is -1.12. The molecular formula is C19H22FNO4. The van der Waals surface area contributed by atoms with Crippen molar-refractivity contribution in [2.75, 3.05) is 6.54 Å². The molecule has 1 heterocycles. The van der Waals surface area contributed by atoms with Crippen molar-refractivity contribution in [3.05, 3.63) is 41.4 Å². The quantitative estimate of drug-likeness (QED) is 0.822. The molecule has 1 aliphatic heterocycles. The molecule has 1 aromatic rings. The molecule has 0 radical (unpaired) electrons. The van der Waals surface area contributed by atoms with Gasteiger partial charge in [-0.05, 0) is 42.7 Å². The van der Waals surface area contributed by atoms with Crippen LogP contribution >= 0.6 is 0 Å². The monoisotopic (exact) mass is 347 g/mol. The van der Waals surface area contributed by atoms with Crippen molar-refractivity contribution in [3.63, 3.8) is 0 Å². The van der Waals surface area contributed by atoms with Crippen LogP contribution in [0.1, 0.15) is 44.6 Å². The van der Waals surface area contributed by atoms with Crippen LogP contribution < -0.4 is 4.74 Å². The number of halogens is 1. The van der Waals surface area contributed by atoms with Gasteiger partial charge >= 0.3 is 5.97 Å². The third-order valence-corrected chi connectivity index (χ3v) is 4.50. The predicted octanol–water partition coefficient (Wildman–Crippen LogP) is 3.31. The number of carboxylic acids is 1. The maximum atomic E-state index is 14.5. The average molecular weight is 347 g/mol. The smallest absolute Gasteiger partial charge is 0.326 e. The summed E-state index contributed by atoms with van der Waals surface area (Å²) >= 11 is 0. The van der Waals surface area contributed by atoms with Gasteiger partial charge in [-0.1, -0.05) is 26.0 Å². The predicted molar refractivity (Wildman–Crippen MR) is 89.7 cm³/mol. The zero-order chi connectivity index (χ0) is 18.1. The summed E-state index contributed by atoms with van der Waals surface area (Å²) in [6.45, 7) is 3.84. The fourth-order valence-corrected chi connectivity index (χ4v) is 3.10. The van der Waals surface area contributed by atoms with Gasteiger partial charge in [-0.15, -0.1) is 0 Å². The molecule has 134 valence electrons. The van der Waals surface area contributed by atoms with Crippen molar-refractivity contribution in [2.24, 2.45) is 5.92 Å². The van der Waals surface area contributed by atoms with Crippen LogP contribution in [-0.4, -0.2) is 34.5 Å². The van der Waals surface area contributed by atoms with E-state index in [2.05, 4.69) is 0 Å². The summed E-state index contributed by atoms with van der Waals surface area (Å²) in [4.78, 5) is 24.9. The second kappa shape index (κ2) is 6.86. The van der Waals surface area contributed by atoms with Crippen LogP contribution in [0.5, 0.6) is 5.75 Å². The van der Waals surface area contributed by atoms with Crippen molar-refractivity contribution in [1.82, 2.24) is 4.90 Å². The molecule has 1 fully saturated rings. The third kappa shape index (κ3) is 3.83. The largest absolute Gasteiger partial charge is 0.480 e. The lowest BCUT2D eigenvalue weighted by Gasteiger charge is -2.25. The Balaban J connectivity index is 1.73. The number of nitrogens with zero attached hydrogens (tertiary/aromatic N) is 1. The first kappa shape index (κ1) is 17.5. The first-order valence-corrected chi connectivity index (χ1v) is 8.57. The highest BCUT2D eigenvalue weighted by Crippen LogP contribution is 2.43. The van der Waals surface area contributed by atoms with Gasteiger partial charge in [-0.25, -0.2) is 9.18 Å². The Morgan fingerprint density at radius 1 is 1.40 bits per heavy atom. The molecule has 0 aromatic heterocycles. The van der Waals surface area contributed by atoms with Crippen LogP contribution in [0.15, 0.2) is 30.0 Å². The molecule has 0 spiro atoms. The van der Waals surface area contributed by atoms with Gasteiger partial charge in [-0.3, -0.25) is 4.79 Å². The van der Waals surface area contributed by atoms with E-state index in [1.165, 1.54) is 17.0 Å². The van der Waals surface area contributed by atoms with Crippen molar-refractivity contribution in [1.29, 1.82) is 0 Å². The summed E-state index contributed by atoms with van der Waals surface area (Å²) in [6.07, 6.45) is 3.56. The van der Waals surface area contributed by atoms with E-state index in [1.807, 2.05) is 13.8 Å². The minimum atomic E-state index is -1.04. The number of ether oxygens (including phenoxy) is 1. The summed E-state index contributed by atoms with van der Waals surface area (Å²) in [5, 5.41) is 9.41. The maximum Gasteiger partial charge on any atom is 0.326 e. The Morgan fingerprint density at radius 3 is 2.72 bits per heavy atom. The number of carbonyl (C=O) groups excluding carboxylic acids is 1. The normalized spacial score (nSPS) is 18.5. The Hall–Kier alpha value is -2.37. The maximum absolute atomic E-state index is 14.5. The van der Waals surface area contributed by atoms with Crippen molar-refractivity contribution in [2.45, 2.75) is 45.1 Å². The zero-order valence-corrected chi connectivity index (χ0v) is 14.4. The van der Waals surface area contributed by atoms with Crippen molar-refractivity contribution in [3.8, 4) is 5.75 Å². The highest BCUT2D eigenvalue weighted by Gasteiger charge is 2.35. The zero-order valence-electron chi connectivity index (χ0n) is 14.4. The van der Waals surface area contributed by atoms with Crippen LogP contribution in [0, 0.1) is 11.7 Å². The van der Waals surface area contributed by atoms with E-state index < -0.39 is 23.7 Å². The van der Waals surface area contributed by atoms with Crippen LogP contribution in [0.25, 0.3) is 0 Å². The molecule has 1 N–H and O–H groups in total. The van der Waals surface area contributed by atoms with Crippen LogP contribution in [0.3, 0.4) is 0 Å². The summed E-state index contributed by atoms with van der Waals surface area (Å²) in [5.41, 5.74) is 0.641. The van der Waals surface area contributed by atoms with E-state index in [-0.39, 0.29) is 29.9 Å². The molecule has 5 nitrogen and oxygen atoms in total. The number of carbonyl (C=O) groups is 2. The van der Waals surface area contributed by atoms with Crippen LogP contribution in [0.4, 0.5) is 4.39 Å². The number of carboxylic acid groups (broad SMARTS) is 1. The molecule has 3 rings (SSSR count).